The first-order valence-corrected chi connectivity index (χ1v) is 9.43. The second-order valence-electron chi connectivity index (χ2n) is 6.13. The summed E-state index contributed by atoms with van der Waals surface area (Å²) in [6.45, 7) is 1.70. The number of carbonyl (C=O) groups excluding carboxylic acids is 2. The van der Waals surface area contributed by atoms with Crippen LogP contribution in [0.15, 0.2) is 41.4 Å². The molecule has 0 atom stereocenters. The normalized spacial score (nSPS) is 11.8. The molecule has 0 N–H and O–H groups in total. The van der Waals surface area contributed by atoms with Crippen molar-refractivity contribution in [3.8, 4) is 0 Å². The largest absolute Gasteiger partial charge is 0.468 e. The second-order valence-corrected chi connectivity index (χ2v) is 7.14. The summed E-state index contributed by atoms with van der Waals surface area (Å²) in [7, 11) is 1.20. The van der Waals surface area contributed by atoms with Crippen LogP contribution < -0.4 is 4.80 Å². The lowest BCUT2D eigenvalue weighted by Crippen LogP contribution is -2.23. The van der Waals surface area contributed by atoms with Gasteiger partial charge in [0.25, 0.3) is 5.91 Å². The Morgan fingerprint density at radius 1 is 1.14 bits per heavy atom. The van der Waals surface area contributed by atoms with Crippen molar-refractivity contribution in [3.63, 3.8) is 0 Å². The number of esters is 1. The first-order valence-electron chi connectivity index (χ1n) is 8.61. The second kappa shape index (κ2) is 8.43. The van der Waals surface area contributed by atoms with E-state index in [1.807, 2.05) is 31.2 Å². The molecule has 0 aliphatic carbocycles. The van der Waals surface area contributed by atoms with Crippen molar-refractivity contribution in [2.24, 2.45) is 4.99 Å². The molecular weight excluding hydrogens is 386 g/mol. The van der Waals surface area contributed by atoms with Crippen LogP contribution in [0.4, 0.5) is 8.78 Å². The van der Waals surface area contributed by atoms with E-state index in [2.05, 4.69) is 9.73 Å². The fraction of sp³-hybridized carbons (Fsp3) is 0.250. The number of amides is 1. The van der Waals surface area contributed by atoms with Crippen molar-refractivity contribution >= 4 is 33.4 Å². The van der Waals surface area contributed by atoms with Crippen molar-refractivity contribution in [2.45, 2.75) is 26.3 Å². The molecule has 0 radical (unpaired) electrons. The topological polar surface area (TPSA) is 60.7 Å². The molecule has 0 saturated heterocycles. The third kappa shape index (κ3) is 4.33. The molecule has 0 saturated carbocycles. The molecule has 0 aliphatic heterocycles. The van der Waals surface area contributed by atoms with Gasteiger partial charge < -0.3 is 9.30 Å². The van der Waals surface area contributed by atoms with Gasteiger partial charge >= 0.3 is 5.97 Å². The van der Waals surface area contributed by atoms with Crippen LogP contribution in [0, 0.1) is 11.6 Å². The monoisotopic (exact) mass is 404 g/mol. The van der Waals surface area contributed by atoms with Crippen LogP contribution in [-0.2, 0) is 33.7 Å². The molecule has 3 aromatic rings. The minimum atomic E-state index is -0.834. The van der Waals surface area contributed by atoms with Crippen LogP contribution in [0.3, 0.4) is 0 Å². The van der Waals surface area contributed by atoms with Crippen LogP contribution >= 0.6 is 11.3 Å². The van der Waals surface area contributed by atoms with E-state index < -0.39 is 23.5 Å². The fourth-order valence-corrected chi connectivity index (χ4v) is 3.85. The lowest BCUT2D eigenvalue weighted by molar-refractivity contribution is -0.141. The Bertz CT molecular complexity index is 1100. The molecule has 0 unspecified atom stereocenters. The zero-order chi connectivity index (χ0) is 20.3. The summed E-state index contributed by atoms with van der Waals surface area (Å²) in [4.78, 5) is 28.3. The number of aromatic nitrogens is 1. The smallest absolute Gasteiger partial charge is 0.325 e. The van der Waals surface area contributed by atoms with E-state index >= 15 is 0 Å². The van der Waals surface area contributed by atoms with Gasteiger partial charge in [-0.25, -0.2) is 8.78 Å². The van der Waals surface area contributed by atoms with Crippen molar-refractivity contribution in [1.29, 1.82) is 0 Å². The van der Waals surface area contributed by atoms with E-state index in [9.17, 15) is 18.4 Å². The minimum Gasteiger partial charge on any atom is -0.468 e. The summed E-state index contributed by atoms with van der Waals surface area (Å²) in [6, 6.07) is 9.46. The quantitative estimate of drug-likeness (QED) is 0.613. The Labute approximate surface area is 163 Å². The van der Waals surface area contributed by atoms with Gasteiger partial charge in [0.05, 0.1) is 23.7 Å². The Hall–Kier alpha value is -2.87. The Balaban J connectivity index is 2.01. The molecule has 0 spiro atoms. The third-order valence-electron chi connectivity index (χ3n) is 4.22. The summed E-state index contributed by atoms with van der Waals surface area (Å²) < 4.78 is 34.0. The van der Waals surface area contributed by atoms with Crippen LogP contribution in [0.25, 0.3) is 10.2 Å². The molecule has 5 nitrogen and oxygen atoms in total. The molecular formula is C20H18F2N2O3S. The maximum Gasteiger partial charge on any atom is 0.325 e. The van der Waals surface area contributed by atoms with Gasteiger partial charge in [-0.3, -0.25) is 9.59 Å². The van der Waals surface area contributed by atoms with Crippen molar-refractivity contribution in [1.82, 2.24) is 4.57 Å². The lowest BCUT2D eigenvalue weighted by Gasteiger charge is -2.04. The van der Waals surface area contributed by atoms with E-state index in [1.54, 1.807) is 0 Å². The molecule has 0 bridgehead atoms. The summed E-state index contributed by atoms with van der Waals surface area (Å²) >= 11 is 0.937. The van der Waals surface area contributed by atoms with Gasteiger partial charge in [0.1, 0.15) is 12.4 Å². The van der Waals surface area contributed by atoms with E-state index in [-0.39, 0.29) is 28.0 Å². The number of halogens is 2. The summed E-state index contributed by atoms with van der Waals surface area (Å²) in [5, 5.41) is 0. The van der Waals surface area contributed by atoms with Gasteiger partial charge in [-0.15, -0.1) is 0 Å². The van der Waals surface area contributed by atoms with Crippen molar-refractivity contribution in [3.05, 3.63) is 64.0 Å². The Kier molecular flexibility index (Phi) is 5.99. The number of thiazole rings is 1. The number of carbonyl (C=O) groups is 2. The minimum absolute atomic E-state index is 0.00986. The summed E-state index contributed by atoms with van der Waals surface area (Å²) in [6.07, 6.45) is 0.962. The van der Waals surface area contributed by atoms with Crippen molar-refractivity contribution < 1.29 is 23.1 Å². The molecule has 1 aromatic heterocycles. The number of hydrogen-bond donors (Lipinski definition) is 0. The first kappa shape index (κ1) is 19.9. The fourth-order valence-electron chi connectivity index (χ4n) is 2.77. The van der Waals surface area contributed by atoms with E-state index in [4.69, 9.17) is 0 Å². The predicted octanol–water partition coefficient (Wildman–Crippen LogP) is 3.39. The Morgan fingerprint density at radius 3 is 2.46 bits per heavy atom. The van der Waals surface area contributed by atoms with E-state index in [0.29, 0.717) is 0 Å². The molecule has 1 heterocycles. The predicted molar refractivity (Wildman–Crippen MR) is 102 cm³/mol. The molecule has 0 fully saturated rings. The molecule has 0 aliphatic rings. The van der Waals surface area contributed by atoms with Crippen molar-refractivity contribution in [2.75, 3.05) is 7.11 Å². The number of methoxy groups -OCH3 is 1. The number of benzene rings is 2. The molecule has 28 heavy (non-hydrogen) atoms. The SMILES string of the molecule is CCc1ccc(CC(=O)N=c2sc3cc(F)cc(F)c3n2CC(=O)OC)cc1. The number of hydrogen-bond acceptors (Lipinski definition) is 4. The lowest BCUT2D eigenvalue weighted by atomic mass is 10.1. The number of nitrogens with zero attached hydrogens (tertiary/aromatic N) is 2. The maximum absolute atomic E-state index is 14.3. The number of aryl methyl sites for hydroxylation is 1. The highest BCUT2D eigenvalue weighted by atomic mass is 32.1. The van der Waals surface area contributed by atoms with Gasteiger partial charge in [0, 0.05) is 6.07 Å². The van der Waals surface area contributed by atoms with E-state index in [1.165, 1.54) is 11.7 Å². The number of rotatable bonds is 5. The molecule has 3 rings (SSSR count). The van der Waals surface area contributed by atoms with Gasteiger partial charge in [0.2, 0.25) is 0 Å². The maximum atomic E-state index is 14.3. The van der Waals surface area contributed by atoms with Gasteiger partial charge in [-0.1, -0.05) is 42.5 Å². The number of ether oxygens (including phenoxy) is 1. The molecule has 2 aromatic carbocycles. The van der Waals surface area contributed by atoms with Gasteiger partial charge in [-0.05, 0) is 23.6 Å². The zero-order valence-corrected chi connectivity index (χ0v) is 16.2. The highest BCUT2D eigenvalue weighted by molar-refractivity contribution is 7.16. The Morgan fingerprint density at radius 2 is 1.82 bits per heavy atom. The third-order valence-corrected chi connectivity index (χ3v) is 5.24. The standard InChI is InChI=1S/C20H18F2N2O3S/c1-3-12-4-6-13(7-5-12)8-17(25)23-20-24(11-18(26)27-2)19-15(22)9-14(21)10-16(19)28-20/h4-7,9-10H,3,8,11H2,1-2H3. The zero-order valence-electron chi connectivity index (χ0n) is 15.4. The molecule has 8 heteroatoms. The molecule has 1 amide bonds. The van der Waals surface area contributed by atoms with Crippen LogP contribution in [0.2, 0.25) is 0 Å². The van der Waals surface area contributed by atoms with Gasteiger partial charge in [0.15, 0.2) is 10.6 Å². The molecule has 146 valence electrons. The van der Waals surface area contributed by atoms with E-state index in [0.717, 1.165) is 41.0 Å². The average molecular weight is 404 g/mol. The summed E-state index contributed by atoms with van der Waals surface area (Å²) in [5.41, 5.74) is 1.96. The first-order chi connectivity index (χ1) is 13.4. The average Bonchev–Trinajstić information content (AvgIpc) is 2.98. The van der Waals surface area contributed by atoms with Crippen LogP contribution in [0.1, 0.15) is 18.1 Å². The van der Waals surface area contributed by atoms with Crippen LogP contribution in [0.5, 0.6) is 0 Å². The highest BCUT2D eigenvalue weighted by Gasteiger charge is 2.16. The van der Waals surface area contributed by atoms with Gasteiger partial charge in [-0.2, -0.15) is 4.99 Å². The summed E-state index contributed by atoms with van der Waals surface area (Å²) in [5.74, 6) is -2.66. The number of fused-ring (bicyclic) bond motifs is 1. The van der Waals surface area contributed by atoms with Crippen LogP contribution in [-0.4, -0.2) is 23.6 Å². The highest BCUT2D eigenvalue weighted by Crippen LogP contribution is 2.22.